The van der Waals surface area contributed by atoms with Gasteiger partial charge >= 0.3 is 6.09 Å². The standard InChI is InChI=1S/C34H48FN5O5/c1-7-28-22-44-32-30(15-26(16-36-32)14-25-8-10-27(35)11-9-25)40(28)31(41)21-38-17-23(2)39(33(42)45-34(4,5)6)20-29(38)19-37-12-13-43-24(3)18-37/h8-11,15-16,23-24,28-29H,7,12-14,17-22H2,1-6H3/t23-,24-,28+,29+/m1/s1. The molecule has 11 heteroatoms. The fourth-order valence-corrected chi connectivity index (χ4v) is 6.44. The van der Waals surface area contributed by atoms with Crippen LogP contribution in [0.5, 0.6) is 5.88 Å². The molecule has 1 aromatic heterocycles. The molecular weight excluding hydrogens is 577 g/mol. The molecule has 0 bridgehead atoms. The highest BCUT2D eigenvalue weighted by atomic mass is 19.1. The molecule has 0 aliphatic carbocycles. The maximum Gasteiger partial charge on any atom is 0.410 e. The summed E-state index contributed by atoms with van der Waals surface area (Å²) in [5.74, 6) is 0.143. The number of benzene rings is 1. The van der Waals surface area contributed by atoms with Gasteiger partial charge in [0.2, 0.25) is 11.8 Å². The molecule has 2 saturated heterocycles. The van der Waals surface area contributed by atoms with E-state index >= 15 is 0 Å². The number of carbonyl (C=O) groups excluding carboxylic acids is 2. The lowest BCUT2D eigenvalue weighted by Crippen LogP contribution is -2.64. The van der Waals surface area contributed by atoms with Gasteiger partial charge < -0.3 is 19.1 Å². The highest BCUT2D eigenvalue weighted by Crippen LogP contribution is 2.35. The average molecular weight is 626 g/mol. The van der Waals surface area contributed by atoms with E-state index in [1.54, 1.807) is 18.3 Å². The average Bonchev–Trinajstić information content (AvgIpc) is 2.98. The fourth-order valence-electron chi connectivity index (χ4n) is 6.44. The minimum absolute atomic E-state index is 0.0228. The monoisotopic (exact) mass is 625 g/mol. The SMILES string of the molecule is CC[C@H]1COc2ncc(Cc3ccc(F)cc3)cc2N1C(=O)CN1C[C@@H](C)N(C(=O)OC(C)(C)C)C[C@@H]1CN1CCO[C@H](C)C1. The van der Waals surface area contributed by atoms with Crippen LogP contribution in [-0.4, -0.2) is 114 Å². The Hall–Kier alpha value is -3.28. The number of amides is 2. The maximum absolute atomic E-state index is 14.3. The molecule has 4 atom stereocenters. The van der Waals surface area contributed by atoms with E-state index in [0.29, 0.717) is 50.8 Å². The molecule has 45 heavy (non-hydrogen) atoms. The number of hydrogen-bond donors (Lipinski definition) is 0. The van der Waals surface area contributed by atoms with Crippen molar-refractivity contribution < 1.29 is 28.2 Å². The number of morpholine rings is 1. The van der Waals surface area contributed by atoms with Crippen LogP contribution in [0.1, 0.15) is 59.1 Å². The second kappa shape index (κ2) is 14.0. The van der Waals surface area contributed by atoms with Gasteiger partial charge in [0, 0.05) is 51.0 Å². The molecule has 1 aromatic carbocycles. The number of aromatic nitrogens is 1. The largest absolute Gasteiger partial charge is 0.474 e. The van der Waals surface area contributed by atoms with Gasteiger partial charge in [0.1, 0.15) is 23.7 Å². The van der Waals surface area contributed by atoms with Crippen molar-refractivity contribution in [1.29, 1.82) is 0 Å². The summed E-state index contributed by atoms with van der Waals surface area (Å²) in [6, 6.07) is 8.07. The Morgan fingerprint density at radius 3 is 2.51 bits per heavy atom. The number of piperazine rings is 1. The fraction of sp³-hybridized carbons (Fsp3) is 0.618. The molecule has 2 amide bonds. The van der Waals surface area contributed by atoms with Crippen molar-refractivity contribution >= 4 is 17.7 Å². The van der Waals surface area contributed by atoms with E-state index in [1.165, 1.54) is 12.1 Å². The van der Waals surface area contributed by atoms with Crippen LogP contribution >= 0.6 is 0 Å². The van der Waals surface area contributed by atoms with E-state index in [2.05, 4.69) is 28.6 Å². The highest BCUT2D eigenvalue weighted by molar-refractivity contribution is 5.97. The van der Waals surface area contributed by atoms with Crippen LogP contribution in [-0.2, 0) is 20.7 Å². The van der Waals surface area contributed by atoms with Gasteiger partial charge in [0.15, 0.2) is 0 Å². The van der Waals surface area contributed by atoms with Gasteiger partial charge in [-0.3, -0.25) is 19.5 Å². The van der Waals surface area contributed by atoms with E-state index in [9.17, 15) is 14.0 Å². The smallest absolute Gasteiger partial charge is 0.410 e. The Morgan fingerprint density at radius 1 is 1.07 bits per heavy atom. The van der Waals surface area contributed by atoms with Crippen molar-refractivity contribution in [3.63, 3.8) is 0 Å². The zero-order valence-electron chi connectivity index (χ0n) is 27.5. The maximum atomic E-state index is 14.3. The first-order valence-corrected chi connectivity index (χ1v) is 16.2. The Bertz CT molecular complexity index is 1340. The van der Waals surface area contributed by atoms with Gasteiger partial charge in [-0.05, 0) is 76.8 Å². The first-order valence-electron chi connectivity index (χ1n) is 16.2. The summed E-state index contributed by atoms with van der Waals surface area (Å²) in [4.78, 5) is 40.4. The van der Waals surface area contributed by atoms with Gasteiger partial charge in [-0.2, -0.15) is 0 Å². The summed E-state index contributed by atoms with van der Waals surface area (Å²) in [5, 5.41) is 0. The third-order valence-corrected chi connectivity index (χ3v) is 8.70. The predicted molar refractivity (Wildman–Crippen MR) is 170 cm³/mol. The first kappa shape index (κ1) is 33.1. The third-order valence-electron chi connectivity index (χ3n) is 8.70. The zero-order chi connectivity index (χ0) is 32.3. The number of fused-ring (bicyclic) bond motifs is 1. The number of ether oxygens (including phenoxy) is 3. The van der Waals surface area contributed by atoms with Crippen LogP contribution < -0.4 is 9.64 Å². The van der Waals surface area contributed by atoms with Crippen molar-refractivity contribution in [2.75, 3.05) is 57.4 Å². The van der Waals surface area contributed by atoms with Crippen molar-refractivity contribution in [1.82, 2.24) is 19.7 Å². The summed E-state index contributed by atoms with van der Waals surface area (Å²) in [5.41, 5.74) is 1.94. The van der Waals surface area contributed by atoms with E-state index in [-0.39, 0.29) is 48.6 Å². The first-order chi connectivity index (χ1) is 21.4. The topological polar surface area (TPSA) is 87.7 Å². The van der Waals surface area contributed by atoms with Crippen molar-refractivity contribution in [3.05, 3.63) is 53.5 Å². The molecule has 2 fully saturated rings. The number of nitrogens with zero attached hydrogens (tertiary/aromatic N) is 5. The summed E-state index contributed by atoms with van der Waals surface area (Å²) in [6.07, 6.45) is 2.85. The van der Waals surface area contributed by atoms with Crippen molar-refractivity contribution in [3.8, 4) is 5.88 Å². The number of anilines is 1. The van der Waals surface area contributed by atoms with Crippen LogP contribution in [0, 0.1) is 5.82 Å². The summed E-state index contributed by atoms with van der Waals surface area (Å²) < 4.78 is 31.0. The number of pyridine rings is 1. The van der Waals surface area contributed by atoms with E-state index in [1.807, 2.05) is 43.6 Å². The molecule has 10 nitrogen and oxygen atoms in total. The molecule has 0 saturated carbocycles. The van der Waals surface area contributed by atoms with Crippen LogP contribution in [0.15, 0.2) is 36.5 Å². The molecule has 246 valence electrons. The summed E-state index contributed by atoms with van der Waals surface area (Å²) in [7, 11) is 0. The zero-order valence-corrected chi connectivity index (χ0v) is 27.5. The normalized spacial score (nSPS) is 24.6. The molecular formula is C34H48FN5O5. The Kier molecular flexibility index (Phi) is 10.3. The predicted octanol–water partition coefficient (Wildman–Crippen LogP) is 4.35. The highest BCUT2D eigenvalue weighted by Gasteiger charge is 2.40. The number of hydrogen-bond acceptors (Lipinski definition) is 8. The van der Waals surface area contributed by atoms with Crippen LogP contribution in [0.4, 0.5) is 14.9 Å². The third kappa shape index (κ3) is 8.31. The molecule has 0 N–H and O–H groups in total. The summed E-state index contributed by atoms with van der Waals surface area (Å²) in [6.45, 7) is 16.3. The molecule has 0 spiro atoms. The lowest BCUT2D eigenvalue weighted by Gasteiger charge is -2.47. The summed E-state index contributed by atoms with van der Waals surface area (Å²) >= 11 is 0. The molecule has 2 aromatic rings. The van der Waals surface area contributed by atoms with Crippen LogP contribution in [0.3, 0.4) is 0 Å². The molecule has 5 rings (SSSR count). The lowest BCUT2D eigenvalue weighted by molar-refractivity contribution is -0.122. The Balaban J connectivity index is 1.38. The number of rotatable bonds is 7. The van der Waals surface area contributed by atoms with Crippen LogP contribution in [0.25, 0.3) is 0 Å². The molecule has 3 aliphatic rings. The quantitative estimate of drug-likeness (QED) is 0.449. The second-order valence-corrected chi connectivity index (χ2v) is 13.6. The number of halogens is 1. The van der Waals surface area contributed by atoms with Crippen molar-refractivity contribution in [2.24, 2.45) is 0 Å². The van der Waals surface area contributed by atoms with Crippen molar-refractivity contribution in [2.45, 2.75) is 84.2 Å². The lowest BCUT2D eigenvalue weighted by atomic mass is 10.0. The van der Waals surface area contributed by atoms with E-state index < -0.39 is 5.60 Å². The Morgan fingerprint density at radius 2 is 1.82 bits per heavy atom. The molecule has 0 radical (unpaired) electrons. The van der Waals surface area contributed by atoms with Gasteiger partial charge in [-0.15, -0.1) is 0 Å². The second-order valence-electron chi connectivity index (χ2n) is 13.6. The van der Waals surface area contributed by atoms with E-state index in [0.717, 1.165) is 30.6 Å². The molecule has 4 heterocycles. The minimum Gasteiger partial charge on any atom is -0.474 e. The van der Waals surface area contributed by atoms with Gasteiger partial charge in [0.25, 0.3) is 0 Å². The van der Waals surface area contributed by atoms with E-state index in [4.69, 9.17) is 14.2 Å². The van der Waals surface area contributed by atoms with Crippen LogP contribution in [0.2, 0.25) is 0 Å². The number of carbonyl (C=O) groups is 2. The van der Waals surface area contributed by atoms with Gasteiger partial charge in [0.05, 0.1) is 25.3 Å². The van der Waals surface area contributed by atoms with Gasteiger partial charge in [-0.25, -0.2) is 14.2 Å². The molecule has 0 unspecified atom stereocenters. The Labute approximate surface area is 266 Å². The minimum atomic E-state index is -0.596. The van der Waals surface area contributed by atoms with Gasteiger partial charge in [-0.1, -0.05) is 19.1 Å². The molecule has 3 aliphatic heterocycles.